The number of ether oxygens (including phenoxy) is 1. The minimum absolute atomic E-state index is 0.293. The fourth-order valence-corrected chi connectivity index (χ4v) is 4.44. The lowest BCUT2D eigenvalue weighted by Crippen LogP contribution is -2.14. The summed E-state index contributed by atoms with van der Waals surface area (Å²) >= 11 is 1.15. The third-order valence-corrected chi connectivity index (χ3v) is 5.88. The average Bonchev–Trinajstić information content (AvgIpc) is 3.37. The molecular weight excluding hydrogens is 381 g/mol. The number of benzene rings is 1. The molecule has 0 saturated heterocycles. The SMILES string of the molecule is COC(=O)c1sc(NC(=O)c2nn(-c3ccccc3F)c3c2CCC3)cc1C. The number of anilines is 1. The van der Waals surface area contributed by atoms with Gasteiger partial charge in [0, 0.05) is 11.3 Å². The van der Waals surface area contributed by atoms with E-state index in [0.717, 1.165) is 47.4 Å². The van der Waals surface area contributed by atoms with E-state index in [4.69, 9.17) is 4.74 Å². The van der Waals surface area contributed by atoms with Crippen molar-refractivity contribution in [3.05, 3.63) is 63.5 Å². The van der Waals surface area contributed by atoms with Crippen LogP contribution in [0.15, 0.2) is 30.3 Å². The number of esters is 1. The molecule has 0 spiro atoms. The molecule has 1 N–H and O–H groups in total. The molecule has 0 aliphatic heterocycles. The second-order valence-electron chi connectivity index (χ2n) is 6.56. The summed E-state index contributed by atoms with van der Waals surface area (Å²) in [7, 11) is 1.32. The summed E-state index contributed by atoms with van der Waals surface area (Å²) in [6.45, 7) is 1.78. The van der Waals surface area contributed by atoms with E-state index in [2.05, 4.69) is 10.4 Å². The molecule has 0 atom stereocenters. The van der Waals surface area contributed by atoms with Crippen molar-refractivity contribution in [2.75, 3.05) is 12.4 Å². The Morgan fingerprint density at radius 3 is 2.82 bits per heavy atom. The molecule has 8 heteroatoms. The number of hydrogen-bond acceptors (Lipinski definition) is 5. The fourth-order valence-electron chi connectivity index (χ4n) is 3.45. The maximum Gasteiger partial charge on any atom is 0.348 e. The van der Waals surface area contributed by atoms with Crippen LogP contribution in [0.5, 0.6) is 0 Å². The van der Waals surface area contributed by atoms with Gasteiger partial charge < -0.3 is 10.1 Å². The number of carbonyl (C=O) groups is 2. The number of carbonyl (C=O) groups excluding carboxylic acids is 2. The zero-order chi connectivity index (χ0) is 19.8. The van der Waals surface area contributed by atoms with Crippen LogP contribution >= 0.6 is 11.3 Å². The smallest absolute Gasteiger partial charge is 0.348 e. The predicted octanol–water partition coefficient (Wildman–Crippen LogP) is 3.91. The Hall–Kier alpha value is -3.00. The van der Waals surface area contributed by atoms with Crippen LogP contribution in [0.3, 0.4) is 0 Å². The Labute approximate surface area is 164 Å². The van der Waals surface area contributed by atoms with Crippen molar-refractivity contribution in [2.24, 2.45) is 0 Å². The Balaban J connectivity index is 1.67. The lowest BCUT2D eigenvalue weighted by molar-refractivity contribution is 0.0605. The highest BCUT2D eigenvalue weighted by atomic mass is 32.1. The first-order valence-electron chi connectivity index (χ1n) is 8.85. The molecule has 28 heavy (non-hydrogen) atoms. The molecule has 1 amide bonds. The molecule has 0 saturated carbocycles. The molecule has 3 aromatic rings. The molecule has 4 rings (SSSR count). The van der Waals surface area contributed by atoms with Crippen LogP contribution in [0.2, 0.25) is 0 Å². The lowest BCUT2D eigenvalue weighted by Gasteiger charge is -2.06. The van der Waals surface area contributed by atoms with Gasteiger partial charge in [-0.05, 0) is 49.9 Å². The molecule has 0 bridgehead atoms. The Bertz CT molecular complexity index is 1090. The van der Waals surface area contributed by atoms with E-state index >= 15 is 0 Å². The largest absolute Gasteiger partial charge is 0.465 e. The molecule has 6 nitrogen and oxygen atoms in total. The van der Waals surface area contributed by atoms with Gasteiger partial charge in [0.25, 0.3) is 5.91 Å². The van der Waals surface area contributed by atoms with Crippen LogP contribution in [0, 0.1) is 12.7 Å². The average molecular weight is 399 g/mol. The quantitative estimate of drug-likeness (QED) is 0.675. The molecule has 1 aliphatic rings. The molecule has 144 valence electrons. The number of thiophene rings is 1. The van der Waals surface area contributed by atoms with E-state index < -0.39 is 5.97 Å². The van der Waals surface area contributed by atoms with E-state index in [1.807, 2.05) is 0 Å². The van der Waals surface area contributed by atoms with Crippen LogP contribution in [0.1, 0.15) is 43.4 Å². The number of fused-ring (bicyclic) bond motifs is 1. The van der Waals surface area contributed by atoms with E-state index in [1.165, 1.54) is 17.9 Å². The van der Waals surface area contributed by atoms with E-state index in [-0.39, 0.29) is 11.7 Å². The number of aromatic nitrogens is 2. The number of hydrogen-bond donors (Lipinski definition) is 1. The van der Waals surface area contributed by atoms with Crippen molar-refractivity contribution < 1.29 is 18.7 Å². The van der Waals surface area contributed by atoms with Crippen LogP contribution in [-0.2, 0) is 17.6 Å². The maximum atomic E-state index is 14.3. The third kappa shape index (κ3) is 3.09. The Kier molecular flexibility index (Phi) is 4.72. The van der Waals surface area contributed by atoms with Crippen LogP contribution in [0.25, 0.3) is 5.69 Å². The first-order valence-corrected chi connectivity index (χ1v) is 9.67. The molecule has 0 radical (unpaired) electrons. The zero-order valence-electron chi connectivity index (χ0n) is 15.4. The highest BCUT2D eigenvalue weighted by molar-refractivity contribution is 7.18. The number of methoxy groups -OCH3 is 1. The normalized spacial score (nSPS) is 12.7. The summed E-state index contributed by atoms with van der Waals surface area (Å²) in [5.74, 6) is -1.19. The van der Waals surface area contributed by atoms with Crippen LogP contribution in [0.4, 0.5) is 9.39 Å². The summed E-state index contributed by atoms with van der Waals surface area (Å²) in [6, 6.07) is 8.11. The van der Waals surface area contributed by atoms with Gasteiger partial charge in [0.2, 0.25) is 0 Å². The van der Waals surface area contributed by atoms with Gasteiger partial charge in [-0.15, -0.1) is 11.3 Å². The lowest BCUT2D eigenvalue weighted by atomic mass is 10.2. The molecule has 1 aliphatic carbocycles. The molecular formula is C20H18FN3O3S. The predicted molar refractivity (Wildman–Crippen MR) is 104 cm³/mol. The van der Waals surface area contributed by atoms with Crippen molar-refractivity contribution in [1.29, 1.82) is 0 Å². The minimum Gasteiger partial charge on any atom is -0.465 e. The van der Waals surface area contributed by atoms with Gasteiger partial charge in [-0.25, -0.2) is 13.9 Å². The summed E-state index contributed by atoms with van der Waals surface area (Å²) in [6.07, 6.45) is 2.37. The first-order chi connectivity index (χ1) is 13.5. The van der Waals surface area contributed by atoms with E-state index in [9.17, 15) is 14.0 Å². The summed E-state index contributed by atoms with van der Waals surface area (Å²) < 4.78 is 20.5. The Morgan fingerprint density at radius 2 is 2.07 bits per heavy atom. The van der Waals surface area contributed by atoms with Gasteiger partial charge in [-0.3, -0.25) is 4.79 Å². The second-order valence-corrected chi connectivity index (χ2v) is 7.61. The second kappa shape index (κ2) is 7.20. The topological polar surface area (TPSA) is 73.2 Å². The number of amides is 1. The molecule has 2 heterocycles. The van der Waals surface area contributed by atoms with Crippen molar-refractivity contribution in [1.82, 2.24) is 9.78 Å². The minimum atomic E-state index is -0.437. The van der Waals surface area contributed by atoms with Crippen molar-refractivity contribution in [3.63, 3.8) is 0 Å². The van der Waals surface area contributed by atoms with Crippen molar-refractivity contribution in [3.8, 4) is 5.69 Å². The molecule has 1 aromatic carbocycles. The number of rotatable bonds is 4. The summed E-state index contributed by atoms with van der Waals surface area (Å²) in [4.78, 5) is 25.1. The number of nitrogens with one attached hydrogen (secondary N) is 1. The summed E-state index contributed by atoms with van der Waals surface area (Å²) in [5, 5.41) is 7.76. The molecule has 0 unspecified atom stereocenters. The first kappa shape index (κ1) is 18.4. The highest BCUT2D eigenvalue weighted by Crippen LogP contribution is 2.31. The van der Waals surface area contributed by atoms with Gasteiger partial charge in [0.05, 0.1) is 12.1 Å². The van der Waals surface area contributed by atoms with Crippen molar-refractivity contribution >= 4 is 28.2 Å². The van der Waals surface area contributed by atoms with Gasteiger partial charge in [0.1, 0.15) is 16.4 Å². The Morgan fingerprint density at radius 1 is 1.29 bits per heavy atom. The fraction of sp³-hybridized carbons (Fsp3) is 0.250. The standard InChI is InChI=1S/C20H18FN3O3S/c1-11-10-16(28-18(11)20(26)27-2)22-19(25)17-12-6-5-9-14(12)24(23-17)15-8-4-3-7-13(15)21/h3-4,7-8,10H,5-6,9H2,1-2H3,(H,22,25). The summed E-state index contributed by atoms with van der Waals surface area (Å²) in [5.41, 5.74) is 3.07. The van der Waals surface area contributed by atoms with E-state index in [0.29, 0.717) is 21.3 Å². The molecule has 2 aromatic heterocycles. The van der Waals surface area contributed by atoms with Gasteiger partial charge in [-0.2, -0.15) is 5.10 Å². The molecule has 0 fully saturated rings. The number of nitrogens with zero attached hydrogens (tertiary/aromatic N) is 2. The maximum absolute atomic E-state index is 14.3. The van der Waals surface area contributed by atoms with E-state index in [1.54, 1.807) is 31.2 Å². The monoisotopic (exact) mass is 399 g/mol. The number of aryl methyl sites for hydroxylation is 1. The third-order valence-electron chi connectivity index (χ3n) is 4.75. The van der Waals surface area contributed by atoms with Gasteiger partial charge >= 0.3 is 5.97 Å². The number of halogens is 1. The zero-order valence-corrected chi connectivity index (χ0v) is 16.2. The van der Waals surface area contributed by atoms with Gasteiger partial charge in [-0.1, -0.05) is 12.1 Å². The highest BCUT2D eigenvalue weighted by Gasteiger charge is 2.28. The van der Waals surface area contributed by atoms with Crippen LogP contribution in [-0.4, -0.2) is 28.8 Å². The van der Waals surface area contributed by atoms with Crippen LogP contribution < -0.4 is 5.32 Å². The number of para-hydroxylation sites is 1. The van der Waals surface area contributed by atoms with Crippen molar-refractivity contribution in [2.45, 2.75) is 26.2 Å². The van der Waals surface area contributed by atoms with Gasteiger partial charge in [0.15, 0.2) is 5.69 Å².